The highest BCUT2D eigenvalue weighted by Crippen LogP contribution is 2.22. The summed E-state index contributed by atoms with van der Waals surface area (Å²) in [4.78, 5) is 13.7. The molecule has 82 valence electrons. The summed E-state index contributed by atoms with van der Waals surface area (Å²) in [5.74, 6) is -0.0394. The van der Waals surface area contributed by atoms with Gasteiger partial charge in [-0.05, 0) is 25.1 Å². The molecule has 0 atom stereocenters. The second-order valence-electron chi connectivity index (χ2n) is 3.42. The van der Waals surface area contributed by atoms with Crippen LogP contribution in [0.2, 0.25) is 0 Å². The monoisotopic (exact) mass is 270 g/mol. The molecule has 0 saturated carbocycles. The first-order valence-electron chi connectivity index (χ1n) is 4.81. The summed E-state index contributed by atoms with van der Waals surface area (Å²) in [7, 11) is 3.85. The molecule has 1 amide bonds. The topological polar surface area (TPSA) is 32.3 Å². The van der Waals surface area contributed by atoms with E-state index in [0.29, 0.717) is 12.1 Å². The molecule has 0 fully saturated rings. The molecule has 1 N–H and O–H groups in total. The van der Waals surface area contributed by atoms with Crippen molar-refractivity contribution in [3.05, 3.63) is 28.2 Å². The van der Waals surface area contributed by atoms with Crippen LogP contribution < -0.4 is 10.2 Å². The van der Waals surface area contributed by atoms with Crippen molar-refractivity contribution in [2.24, 2.45) is 0 Å². The fourth-order valence-electron chi connectivity index (χ4n) is 1.34. The lowest BCUT2D eigenvalue weighted by Crippen LogP contribution is -2.25. The second kappa shape index (κ2) is 5.16. The minimum Gasteiger partial charge on any atom is -0.377 e. The summed E-state index contributed by atoms with van der Waals surface area (Å²) in [6.07, 6.45) is 0. The van der Waals surface area contributed by atoms with Crippen LogP contribution in [-0.2, 0) is 0 Å². The summed E-state index contributed by atoms with van der Waals surface area (Å²) in [6, 6.07) is 5.69. The number of halogens is 1. The third-order valence-corrected chi connectivity index (χ3v) is 2.52. The van der Waals surface area contributed by atoms with E-state index in [4.69, 9.17) is 0 Å². The van der Waals surface area contributed by atoms with Crippen LogP contribution in [0.3, 0.4) is 0 Å². The zero-order valence-electron chi connectivity index (χ0n) is 9.17. The van der Waals surface area contributed by atoms with Crippen molar-refractivity contribution in [3.63, 3.8) is 0 Å². The van der Waals surface area contributed by atoms with Crippen molar-refractivity contribution in [2.75, 3.05) is 25.5 Å². The van der Waals surface area contributed by atoms with Crippen LogP contribution in [0.1, 0.15) is 17.3 Å². The molecule has 0 radical (unpaired) electrons. The molecule has 1 aromatic rings. The number of carbonyl (C=O) groups excluding carboxylic acids is 1. The van der Waals surface area contributed by atoms with E-state index in [1.54, 1.807) is 0 Å². The summed E-state index contributed by atoms with van der Waals surface area (Å²) in [6.45, 7) is 2.55. The quantitative estimate of drug-likeness (QED) is 0.914. The number of nitrogens with zero attached hydrogens (tertiary/aromatic N) is 1. The predicted molar refractivity (Wildman–Crippen MR) is 66.5 cm³/mol. The Bertz CT molecular complexity index is 364. The van der Waals surface area contributed by atoms with Crippen LogP contribution in [0.15, 0.2) is 22.7 Å². The number of nitrogens with one attached hydrogen (secondary N) is 1. The van der Waals surface area contributed by atoms with Crippen LogP contribution in [-0.4, -0.2) is 26.5 Å². The van der Waals surface area contributed by atoms with E-state index in [2.05, 4.69) is 21.2 Å². The SMILES string of the molecule is CCNC(=O)c1cc(Br)ccc1N(C)C. The molecule has 0 aliphatic heterocycles. The first-order valence-corrected chi connectivity index (χ1v) is 5.60. The first-order chi connectivity index (χ1) is 7.06. The van der Waals surface area contributed by atoms with Gasteiger partial charge in [0, 0.05) is 30.8 Å². The van der Waals surface area contributed by atoms with Crippen molar-refractivity contribution < 1.29 is 4.79 Å². The van der Waals surface area contributed by atoms with Gasteiger partial charge in [0.15, 0.2) is 0 Å². The third-order valence-electron chi connectivity index (χ3n) is 2.02. The minimum atomic E-state index is -0.0394. The largest absolute Gasteiger partial charge is 0.377 e. The number of carbonyl (C=O) groups is 1. The highest BCUT2D eigenvalue weighted by atomic mass is 79.9. The fourth-order valence-corrected chi connectivity index (χ4v) is 1.70. The Morgan fingerprint density at radius 2 is 2.13 bits per heavy atom. The highest BCUT2D eigenvalue weighted by Gasteiger charge is 2.12. The second-order valence-corrected chi connectivity index (χ2v) is 4.33. The Morgan fingerprint density at radius 1 is 1.47 bits per heavy atom. The van der Waals surface area contributed by atoms with Crippen LogP contribution in [0.4, 0.5) is 5.69 Å². The molecule has 0 aliphatic rings. The summed E-state index contributed by atoms with van der Waals surface area (Å²) < 4.78 is 0.911. The van der Waals surface area contributed by atoms with Gasteiger partial charge in [-0.25, -0.2) is 0 Å². The molecule has 0 heterocycles. The third kappa shape index (κ3) is 2.96. The maximum absolute atomic E-state index is 11.8. The van der Waals surface area contributed by atoms with Gasteiger partial charge >= 0.3 is 0 Å². The molecule has 1 aromatic carbocycles. The molecule has 3 nitrogen and oxygen atoms in total. The molecule has 4 heteroatoms. The molecule has 0 aromatic heterocycles. The molecular formula is C11H15BrN2O. The lowest BCUT2D eigenvalue weighted by atomic mass is 10.1. The molecule has 0 saturated heterocycles. The van der Waals surface area contributed by atoms with Crippen LogP contribution in [0.25, 0.3) is 0 Å². The van der Waals surface area contributed by atoms with Gasteiger partial charge in [0.05, 0.1) is 5.56 Å². The van der Waals surface area contributed by atoms with Crippen molar-refractivity contribution >= 4 is 27.5 Å². The Labute approximate surface area is 98.6 Å². The standard InChI is InChI=1S/C11H15BrN2O/c1-4-13-11(15)9-7-8(12)5-6-10(9)14(2)3/h5-7H,4H2,1-3H3,(H,13,15). The number of hydrogen-bond donors (Lipinski definition) is 1. The summed E-state index contributed by atoms with van der Waals surface area (Å²) in [5.41, 5.74) is 1.61. The van der Waals surface area contributed by atoms with E-state index in [0.717, 1.165) is 10.2 Å². The average molecular weight is 271 g/mol. The number of rotatable bonds is 3. The number of hydrogen-bond acceptors (Lipinski definition) is 2. The number of amides is 1. The van der Waals surface area contributed by atoms with Gasteiger partial charge in [0.25, 0.3) is 5.91 Å². The lowest BCUT2D eigenvalue weighted by molar-refractivity contribution is 0.0956. The average Bonchev–Trinajstić information content (AvgIpc) is 2.17. The summed E-state index contributed by atoms with van der Waals surface area (Å²) in [5, 5.41) is 2.80. The minimum absolute atomic E-state index is 0.0394. The fraction of sp³-hybridized carbons (Fsp3) is 0.364. The van der Waals surface area contributed by atoms with E-state index in [9.17, 15) is 4.79 Å². The predicted octanol–water partition coefficient (Wildman–Crippen LogP) is 2.26. The summed E-state index contributed by atoms with van der Waals surface area (Å²) >= 11 is 3.37. The van der Waals surface area contributed by atoms with Gasteiger partial charge in [-0.3, -0.25) is 4.79 Å². The number of anilines is 1. The van der Waals surface area contributed by atoms with E-state index in [1.165, 1.54) is 0 Å². The Morgan fingerprint density at radius 3 is 2.67 bits per heavy atom. The molecule has 15 heavy (non-hydrogen) atoms. The molecule has 0 spiro atoms. The van der Waals surface area contributed by atoms with E-state index < -0.39 is 0 Å². The van der Waals surface area contributed by atoms with Crippen LogP contribution in [0.5, 0.6) is 0 Å². The van der Waals surface area contributed by atoms with E-state index in [-0.39, 0.29) is 5.91 Å². The van der Waals surface area contributed by atoms with E-state index >= 15 is 0 Å². The van der Waals surface area contributed by atoms with Crippen LogP contribution >= 0.6 is 15.9 Å². The maximum Gasteiger partial charge on any atom is 0.253 e. The molecule has 0 unspecified atom stereocenters. The highest BCUT2D eigenvalue weighted by molar-refractivity contribution is 9.10. The number of benzene rings is 1. The molecule has 0 bridgehead atoms. The van der Waals surface area contributed by atoms with Crippen molar-refractivity contribution in [1.82, 2.24) is 5.32 Å². The van der Waals surface area contributed by atoms with Gasteiger partial charge in [-0.15, -0.1) is 0 Å². The molecule has 0 aliphatic carbocycles. The van der Waals surface area contributed by atoms with Gasteiger partial charge < -0.3 is 10.2 Å². The van der Waals surface area contributed by atoms with Gasteiger partial charge in [0.2, 0.25) is 0 Å². The Kier molecular flexibility index (Phi) is 4.15. The van der Waals surface area contributed by atoms with Gasteiger partial charge in [-0.2, -0.15) is 0 Å². The Hall–Kier alpha value is -1.03. The van der Waals surface area contributed by atoms with Crippen LogP contribution in [0, 0.1) is 0 Å². The van der Waals surface area contributed by atoms with E-state index in [1.807, 2.05) is 44.1 Å². The van der Waals surface area contributed by atoms with Gasteiger partial charge in [0.1, 0.15) is 0 Å². The van der Waals surface area contributed by atoms with Crippen molar-refractivity contribution in [1.29, 1.82) is 0 Å². The Balaban J connectivity index is 3.12. The van der Waals surface area contributed by atoms with Gasteiger partial charge in [-0.1, -0.05) is 15.9 Å². The molecular weight excluding hydrogens is 256 g/mol. The zero-order valence-corrected chi connectivity index (χ0v) is 10.8. The van der Waals surface area contributed by atoms with Crippen molar-refractivity contribution in [2.45, 2.75) is 6.92 Å². The lowest BCUT2D eigenvalue weighted by Gasteiger charge is -2.17. The smallest absolute Gasteiger partial charge is 0.253 e. The zero-order chi connectivity index (χ0) is 11.4. The maximum atomic E-state index is 11.8. The van der Waals surface area contributed by atoms with Crippen molar-refractivity contribution in [3.8, 4) is 0 Å². The normalized spacial score (nSPS) is 9.87. The molecule has 1 rings (SSSR count). The first kappa shape index (κ1) is 12.0.